The molecule has 0 atom stereocenters. The van der Waals surface area contributed by atoms with Gasteiger partial charge < -0.3 is 4.74 Å². The van der Waals surface area contributed by atoms with Crippen LogP contribution in [0.4, 0.5) is 0 Å². The quantitative estimate of drug-likeness (QED) is 0.0479. The Hall–Kier alpha value is -2.09. The number of hydrogen-bond donors (Lipinski definition) is 0. The maximum Gasteiger partial charge on any atom is 0.169 e. The third-order valence-electron chi connectivity index (χ3n) is 12.8. The van der Waals surface area contributed by atoms with Crippen molar-refractivity contribution in [3.8, 4) is 5.75 Å². The molecule has 1 heterocycles. The van der Waals surface area contributed by atoms with Gasteiger partial charge in [-0.25, -0.2) is 4.57 Å². The average Bonchev–Trinajstić information content (AvgIpc) is 3.26. The van der Waals surface area contributed by atoms with Crippen molar-refractivity contribution in [2.45, 2.75) is 277 Å². The Labute approximate surface area is 369 Å². The topological polar surface area (TPSA) is 13.1 Å². The molecule has 1 aromatic heterocycles. The maximum absolute atomic E-state index is 6.05. The van der Waals surface area contributed by atoms with Gasteiger partial charge in [0.2, 0.25) is 0 Å². The fraction of sp³-hybridized carbons (Fsp3) is 0.772. The fourth-order valence-electron chi connectivity index (χ4n) is 8.69. The van der Waals surface area contributed by atoms with Gasteiger partial charge in [0.25, 0.3) is 0 Å². The molecule has 0 saturated heterocycles. The molecule has 338 valence electrons. The molecule has 0 aliphatic carbocycles. The third-order valence-corrected chi connectivity index (χ3v) is 12.8. The molecule has 1 aromatic carbocycles. The second-order valence-corrected chi connectivity index (χ2v) is 18.6. The summed E-state index contributed by atoms with van der Waals surface area (Å²) in [6.07, 6.45) is 66.0. The van der Waals surface area contributed by atoms with Gasteiger partial charge in [-0.1, -0.05) is 276 Å². The zero-order valence-electron chi connectivity index (χ0n) is 39.8. The van der Waals surface area contributed by atoms with Crippen molar-refractivity contribution < 1.29 is 9.30 Å². The maximum atomic E-state index is 6.05. The smallest absolute Gasteiger partial charge is 0.169 e. The lowest BCUT2D eigenvalue weighted by atomic mass is 10.0. The molecular formula is C57H100NO+. The van der Waals surface area contributed by atoms with Crippen molar-refractivity contribution in [2.24, 2.45) is 0 Å². The minimum Gasteiger partial charge on any atom is -0.494 e. The van der Waals surface area contributed by atoms with Gasteiger partial charge in [-0.15, -0.1) is 0 Å². The van der Waals surface area contributed by atoms with Gasteiger partial charge in [-0.2, -0.15) is 0 Å². The van der Waals surface area contributed by atoms with Crippen LogP contribution < -0.4 is 9.30 Å². The first-order valence-corrected chi connectivity index (χ1v) is 26.7. The lowest BCUT2D eigenvalue weighted by Gasteiger charge is -2.07. The molecule has 0 spiro atoms. The van der Waals surface area contributed by atoms with E-state index in [1.54, 1.807) is 0 Å². The van der Waals surface area contributed by atoms with Crippen LogP contribution in [-0.2, 0) is 6.54 Å². The number of benzene rings is 1. The van der Waals surface area contributed by atoms with Crippen LogP contribution in [0.3, 0.4) is 0 Å². The fourth-order valence-corrected chi connectivity index (χ4v) is 8.69. The minimum absolute atomic E-state index is 0.831. The molecule has 0 N–H and O–H groups in total. The van der Waals surface area contributed by atoms with E-state index in [1.165, 1.54) is 262 Å². The predicted molar refractivity (Wildman–Crippen MR) is 264 cm³/mol. The van der Waals surface area contributed by atoms with Crippen LogP contribution in [0.1, 0.15) is 282 Å². The van der Waals surface area contributed by atoms with Crippen molar-refractivity contribution in [1.29, 1.82) is 0 Å². The summed E-state index contributed by atoms with van der Waals surface area (Å²) in [4.78, 5) is 0. The Kier molecular flexibility index (Phi) is 38.3. The Balaban J connectivity index is 1.33. The van der Waals surface area contributed by atoms with E-state index < -0.39 is 0 Å². The van der Waals surface area contributed by atoms with E-state index >= 15 is 0 Å². The molecule has 0 aliphatic rings. The summed E-state index contributed by atoms with van der Waals surface area (Å²) in [5.41, 5.74) is 2.47. The lowest BCUT2D eigenvalue weighted by Crippen LogP contribution is -2.32. The SMILES string of the molecule is CCCCCCCCCCCCCCCCCCCCCCOc1ccc(C=Cc2cc[n+](CCCCCCCCCCCCCCCCCCCCCC)cc2)cc1. The lowest BCUT2D eigenvalue weighted by molar-refractivity contribution is -0.697. The van der Waals surface area contributed by atoms with Crippen molar-refractivity contribution >= 4 is 12.2 Å². The van der Waals surface area contributed by atoms with Crippen molar-refractivity contribution in [3.05, 3.63) is 59.9 Å². The molecule has 2 aromatic rings. The predicted octanol–water partition coefficient (Wildman–Crippen LogP) is 19.2. The van der Waals surface area contributed by atoms with Gasteiger partial charge in [0.15, 0.2) is 12.4 Å². The number of aryl methyl sites for hydroxylation is 1. The number of hydrogen-bond acceptors (Lipinski definition) is 1. The molecular weight excluding hydrogens is 715 g/mol. The highest BCUT2D eigenvalue weighted by Gasteiger charge is 2.02. The summed E-state index contributed by atoms with van der Waals surface area (Å²) in [7, 11) is 0. The van der Waals surface area contributed by atoms with Crippen LogP contribution >= 0.6 is 0 Å². The molecule has 0 aliphatic heterocycles. The van der Waals surface area contributed by atoms with Gasteiger partial charge in [0.1, 0.15) is 12.3 Å². The summed E-state index contributed by atoms with van der Waals surface area (Å²) < 4.78 is 8.40. The van der Waals surface area contributed by atoms with Crippen LogP contribution in [-0.4, -0.2) is 6.61 Å². The zero-order chi connectivity index (χ0) is 41.8. The van der Waals surface area contributed by atoms with Crippen molar-refractivity contribution in [2.75, 3.05) is 6.61 Å². The largest absolute Gasteiger partial charge is 0.494 e. The molecule has 0 amide bonds. The first kappa shape index (κ1) is 53.0. The highest BCUT2D eigenvalue weighted by atomic mass is 16.5. The summed E-state index contributed by atoms with van der Waals surface area (Å²) in [5, 5.41) is 0. The number of pyridine rings is 1. The zero-order valence-corrected chi connectivity index (χ0v) is 39.8. The molecule has 2 nitrogen and oxygen atoms in total. The van der Waals surface area contributed by atoms with Gasteiger partial charge in [0.05, 0.1) is 6.61 Å². The monoisotopic (exact) mass is 815 g/mol. The number of ether oxygens (including phenoxy) is 1. The van der Waals surface area contributed by atoms with E-state index in [0.29, 0.717) is 0 Å². The second-order valence-electron chi connectivity index (χ2n) is 18.6. The number of unbranched alkanes of at least 4 members (excludes halogenated alkanes) is 38. The number of nitrogens with zero attached hydrogens (tertiary/aromatic N) is 1. The van der Waals surface area contributed by atoms with E-state index in [0.717, 1.165) is 25.3 Å². The normalized spacial score (nSPS) is 11.6. The van der Waals surface area contributed by atoms with Crippen molar-refractivity contribution in [1.82, 2.24) is 0 Å². The van der Waals surface area contributed by atoms with Gasteiger partial charge in [0, 0.05) is 18.6 Å². The minimum atomic E-state index is 0.831. The van der Waals surface area contributed by atoms with E-state index in [1.807, 2.05) is 0 Å². The van der Waals surface area contributed by atoms with Crippen molar-refractivity contribution in [3.63, 3.8) is 0 Å². The van der Waals surface area contributed by atoms with E-state index in [-0.39, 0.29) is 0 Å². The Morgan fingerprint density at radius 3 is 0.915 bits per heavy atom. The van der Waals surface area contributed by atoms with Crippen LogP contribution in [0.15, 0.2) is 48.8 Å². The Morgan fingerprint density at radius 1 is 0.322 bits per heavy atom. The summed E-state index contributed by atoms with van der Waals surface area (Å²) in [6.45, 7) is 6.57. The Bertz CT molecular complexity index is 1140. The van der Waals surface area contributed by atoms with E-state index in [9.17, 15) is 0 Å². The second kappa shape index (κ2) is 42.6. The summed E-state index contributed by atoms with van der Waals surface area (Å²) >= 11 is 0. The Morgan fingerprint density at radius 2 is 0.593 bits per heavy atom. The number of rotatable bonds is 45. The third kappa shape index (κ3) is 35.2. The van der Waals surface area contributed by atoms with E-state index in [2.05, 4.69) is 79.4 Å². The highest BCUT2D eigenvalue weighted by Crippen LogP contribution is 2.18. The molecule has 0 bridgehead atoms. The van der Waals surface area contributed by atoms with Crippen LogP contribution in [0, 0.1) is 0 Å². The van der Waals surface area contributed by atoms with Crippen LogP contribution in [0.25, 0.3) is 12.2 Å². The van der Waals surface area contributed by atoms with Gasteiger partial charge >= 0.3 is 0 Å². The van der Waals surface area contributed by atoms with E-state index in [4.69, 9.17) is 4.74 Å². The molecule has 0 saturated carbocycles. The van der Waals surface area contributed by atoms with Crippen LogP contribution in [0.2, 0.25) is 0 Å². The molecule has 0 unspecified atom stereocenters. The molecule has 2 rings (SSSR count). The molecule has 59 heavy (non-hydrogen) atoms. The first-order chi connectivity index (χ1) is 29.3. The standard InChI is InChI=1S/C57H100NO/c1-3-5-7-9-11-13-15-17-19-21-23-25-27-29-31-33-35-37-39-41-51-58-52-49-56(50-53-58)44-43-55-45-47-57(48-46-55)59-54-42-40-38-36-34-32-30-28-26-24-22-20-18-16-14-12-10-8-6-4-2/h43-50,52-53H,3-42,51,54H2,1-2H3/q+1. The number of aromatic nitrogens is 1. The molecule has 0 fully saturated rings. The molecule has 2 heteroatoms. The van der Waals surface area contributed by atoms with Gasteiger partial charge in [-0.3, -0.25) is 0 Å². The summed E-state index contributed by atoms with van der Waals surface area (Å²) in [6, 6.07) is 13.1. The average molecular weight is 815 g/mol. The van der Waals surface area contributed by atoms with Crippen LogP contribution in [0.5, 0.6) is 5.75 Å². The summed E-state index contributed by atoms with van der Waals surface area (Å²) in [5.74, 6) is 0.991. The molecule has 0 radical (unpaired) electrons. The first-order valence-electron chi connectivity index (χ1n) is 26.7. The highest BCUT2D eigenvalue weighted by molar-refractivity contribution is 5.69. The van der Waals surface area contributed by atoms with Gasteiger partial charge in [-0.05, 0) is 36.1 Å².